The van der Waals surface area contributed by atoms with Gasteiger partial charge in [0.25, 0.3) is 0 Å². The van der Waals surface area contributed by atoms with Crippen molar-refractivity contribution in [3.63, 3.8) is 0 Å². The second kappa shape index (κ2) is 7.38. The van der Waals surface area contributed by atoms with E-state index in [0.717, 1.165) is 42.7 Å². The van der Waals surface area contributed by atoms with Gasteiger partial charge < -0.3 is 19.1 Å². The molecule has 160 valence electrons. The van der Waals surface area contributed by atoms with Crippen molar-refractivity contribution in [3.8, 4) is 0 Å². The van der Waals surface area contributed by atoms with Crippen LogP contribution in [0.3, 0.4) is 0 Å². The first kappa shape index (κ1) is 19.5. The van der Waals surface area contributed by atoms with Crippen molar-refractivity contribution >= 4 is 22.9 Å². The molecule has 3 heterocycles. The molecule has 2 aromatic rings. The normalized spacial score (nSPS) is 23.5. The summed E-state index contributed by atoms with van der Waals surface area (Å²) in [6, 6.07) is 8.06. The van der Waals surface area contributed by atoms with E-state index in [0.29, 0.717) is 38.4 Å². The van der Waals surface area contributed by atoms with Gasteiger partial charge in [0, 0.05) is 32.0 Å². The van der Waals surface area contributed by atoms with Crippen LogP contribution in [0, 0.1) is 5.41 Å². The molecule has 7 heteroatoms. The molecule has 30 heavy (non-hydrogen) atoms. The average Bonchev–Trinajstić information content (AvgIpc) is 3.44. The molecule has 1 amide bonds. The van der Waals surface area contributed by atoms with E-state index in [4.69, 9.17) is 9.72 Å². The first-order valence-electron chi connectivity index (χ1n) is 11.0. The fourth-order valence-corrected chi connectivity index (χ4v) is 5.09. The van der Waals surface area contributed by atoms with Gasteiger partial charge in [0.2, 0.25) is 5.91 Å². The molecule has 0 bridgehead atoms. The third-order valence-electron chi connectivity index (χ3n) is 6.89. The molecule has 3 aliphatic rings. The zero-order valence-corrected chi connectivity index (χ0v) is 17.8. The summed E-state index contributed by atoms with van der Waals surface area (Å²) in [5.74, 6) is 1.57. The van der Waals surface area contributed by atoms with Gasteiger partial charge in [-0.1, -0.05) is 12.1 Å². The number of hydrogen-bond donors (Lipinski definition) is 0. The molecular formula is C23H30N4O3. The monoisotopic (exact) mass is 410 g/mol. The van der Waals surface area contributed by atoms with Crippen molar-refractivity contribution in [1.29, 1.82) is 0 Å². The summed E-state index contributed by atoms with van der Waals surface area (Å²) in [6.45, 7) is 2.32. The molecule has 1 aromatic carbocycles. The predicted octanol–water partition coefficient (Wildman–Crippen LogP) is 2.40. The fraction of sp³-hybridized carbons (Fsp3) is 0.609. The number of nitrogens with zero attached hydrogens (tertiary/aromatic N) is 4. The lowest BCUT2D eigenvalue weighted by Crippen LogP contribution is -2.46. The van der Waals surface area contributed by atoms with Crippen LogP contribution >= 0.6 is 0 Å². The molecule has 1 aliphatic carbocycles. The van der Waals surface area contributed by atoms with Crippen molar-refractivity contribution in [1.82, 2.24) is 19.4 Å². The molecule has 2 aliphatic heterocycles. The average molecular weight is 411 g/mol. The van der Waals surface area contributed by atoms with Gasteiger partial charge in [0.15, 0.2) is 0 Å². The highest BCUT2D eigenvalue weighted by Crippen LogP contribution is 2.43. The third-order valence-corrected chi connectivity index (χ3v) is 6.89. The summed E-state index contributed by atoms with van der Waals surface area (Å²) in [5, 5.41) is 0. The number of aromatic nitrogens is 2. The predicted molar refractivity (Wildman–Crippen MR) is 113 cm³/mol. The highest BCUT2D eigenvalue weighted by atomic mass is 16.6. The van der Waals surface area contributed by atoms with E-state index in [2.05, 4.69) is 9.47 Å². The molecule has 7 nitrogen and oxygen atoms in total. The Balaban J connectivity index is 1.27. The SMILES string of the molecule is CN(C)CC1CC2(CCN(C(=O)Cn3c(C4CC4)nc4ccccc43)CC2)C(=O)O1. The number of amides is 1. The molecule has 5 rings (SSSR count). The number of rotatable bonds is 5. The second-order valence-electron chi connectivity index (χ2n) is 9.47. The number of benzene rings is 1. The van der Waals surface area contributed by atoms with E-state index in [1.165, 1.54) is 0 Å². The summed E-state index contributed by atoms with van der Waals surface area (Å²) in [5.41, 5.74) is 1.59. The molecule has 0 radical (unpaired) electrons. The van der Waals surface area contributed by atoms with Crippen LogP contribution in [0.2, 0.25) is 0 Å². The molecule has 1 saturated carbocycles. The number of ether oxygens (including phenoxy) is 1. The Kier molecular flexibility index (Phi) is 4.81. The van der Waals surface area contributed by atoms with Gasteiger partial charge in [-0.15, -0.1) is 0 Å². The Morgan fingerprint density at radius 1 is 1.23 bits per heavy atom. The highest BCUT2D eigenvalue weighted by molar-refractivity contribution is 5.83. The van der Waals surface area contributed by atoms with Crippen molar-refractivity contribution in [2.24, 2.45) is 5.41 Å². The van der Waals surface area contributed by atoms with Crippen molar-refractivity contribution in [2.45, 2.75) is 50.7 Å². The number of carbonyl (C=O) groups excluding carboxylic acids is 2. The zero-order valence-electron chi connectivity index (χ0n) is 17.8. The Hall–Kier alpha value is -2.41. The van der Waals surface area contributed by atoms with Gasteiger partial charge in [-0.25, -0.2) is 4.98 Å². The van der Waals surface area contributed by atoms with Gasteiger partial charge in [-0.2, -0.15) is 0 Å². The first-order chi connectivity index (χ1) is 14.4. The summed E-state index contributed by atoms with van der Waals surface area (Å²) in [6.07, 6.45) is 4.43. The number of hydrogen-bond acceptors (Lipinski definition) is 5. The number of fused-ring (bicyclic) bond motifs is 1. The maximum Gasteiger partial charge on any atom is 0.312 e. The van der Waals surface area contributed by atoms with Crippen LogP contribution in [0.25, 0.3) is 11.0 Å². The van der Waals surface area contributed by atoms with Crippen LogP contribution in [0.15, 0.2) is 24.3 Å². The summed E-state index contributed by atoms with van der Waals surface area (Å²) in [4.78, 5) is 34.5. The van der Waals surface area contributed by atoms with Crippen molar-refractivity contribution in [3.05, 3.63) is 30.1 Å². The minimum absolute atomic E-state index is 0.0341. The number of piperidine rings is 1. The van der Waals surface area contributed by atoms with Crippen LogP contribution < -0.4 is 0 Å². The van der Waals surface area contributed by atoms with Gasteiger partial charge >= 0.3 is 5.97 Å². The molecule has 1 spiro atoms. The first-order valence-corrected chi connectivity index (χ1v) is 11.0. The summed E-state index contributed by atoms with van der Waals surface area (Å²) < 4.78 is 7.76. The van der Waals surface area contributed by atoms with Crippen LogP contribution in [-0.2, 0) is 20.9 Å². The Bertz CT molecular complexity index is 970. The maximum atomic E-state index is 13.2. The minimum Gasteiger partial charge on any atom is -0.461 e. The van der Waals surface area contributed by atoms with E-state index in [1.807, 2.05) is 43.3 Å². The van der Waals surface area contributed by atoms with Crippen molar-refractivity contribution < 1.29 is 14.3 Å². The van der Waals surface area contributed by atoms with Crippen molar-refractivity contribution in [2.75, 3.05) is 33.7 Å². The van der Waals surface area contributed by atoms with Crippen LogP contribution in [0.4, 0.5) is 0 Å². The lowest BCUT2D eigenvalue weighted by molar-refractivity contribution is -0.152. The van der Waals surface area contributed by atoms with Crippen LogP contribution in [0.1, 0.15) is 43.8 Å². The number of likely N-dealkylation sites (N-methyl/N-ethyl adjacent to an activating group) is 1. The largest absolute Gasteiger partial charge is 0.461 e. The third kappa shape index (κ3) is 3.49. The summed E-state index contributed by atoms with van der Waals surface area (Å²) >= 11 is 0. The quantitative estimate of drug-likeness (QED) is 0.708. The van der Waals surface area contributed by atoms with Gasteiger partial charge in [0.05, 0.1) is 16.4 Å². The smallest absolute Gasteiger partial charge is 0.312 e. The van der Waals surface area contributed by atoms with E-state index in [1.54, 1.807) is 0 Å². The fourth-order valence-electron chi connectivity index (χ4n) is 5.09. The number of esters is 1. The molecule has 1 aromatic heterocycles. The number of likely N-dealkylation sites (tertiary alicyclic amines) is 1. The molecular weight excluding hydrogens is 380 g/mol. The number of carbonyl (C=O) groups is 2. The second-order valence-corrected chi connectivity index (χ2v) is 9.47. The lowest BCUT2D eigenvalue weighted by Gasteiger charge is -2.36. The van der Waals surface area contributed by atoms with Crippen LogP contribution in [-0.4, -0.2) is 71.1 Å². The topological polar surface area (TPSA) is 67.7 Å². The van der Waals surface area contributed by atoms with Gasteiger partial charge in [-0.05, 0) is 51.9 Å². The van der Waals surface area contributed by atoms with E-state index in [-0.39, 0.29) is 18.0 Å². The standard InChI is InChI=1S/C23H30N4O3/c1-25(2)14-17-13-23(22(29)30-17)9-11-26(12-10-23)20(28)15-27-19-6-4-3-5-18(19)24-21(27)16-7-8-16/h3-6,16-17H,7-15H2,1-2H3. The Morgan fingerprint density at radius 3 is 2.67 bits per heavy atom. The van der Waals surface area contributed by atoms with E-state index in [9.17, 15) is 9.59 Å². The Morgan fingerprint density at radius 2 is 1.97 bits per heavy atom. The number of para-hydroxylation sites is 2. The summed E-state index contributed by atoms with van der Waals surface area (Å²) in [7, 11) is 3.99. The van der Waals surface area contributed by atoms with Crippen LogP contribution in [0.5, 0.6) is 0 Å². The molecule has 1 unspecified atom stereocenters. The lowest BCUT2D eigenvalue weighted by atomic mass is 9.76. The van der Waals surface area contributed by atoms with Gasteiger partial charge in [0.1, 0.15) is 18.5 Å². The van der Waals surface area contributed by atoms with E-state index < -0.39 is 5.41 Å². The number of cyclic esters (lactones) is 1. The minimum atomic E-state index is -0.404. The Labute approximate surface area is 177 Å². The van der Waals surface area contributed by atoms with Gasteiger partial charge in [-0.3, -0.25) is 9.59 Å². The number of imidazole rings is 1. The molecule has 1 atom stereocenters. The highest BCUT2D eigenvalue weighted by Gasteiger charge is 2.50. The maximum absolute atomic E-state index is 13.2. The zero-order chi connectivity index (χ0) is 20.9. The molecule has 0 N–H and O–H groups in total. The molecule has 3 fully saturated rings. The van der Waals surface area contributed by atoms with E-state index >= 15 is 0 Å². The molecule has 2 saturated heterocycles.